The van der Waals surface area contributed by atoms with E-state index in [1.54, 1.807) is 18.2 Å². The molecule has 0 aromatic carbocycles. The molecule has 1 aromatic rings. The molecule has 6 nitrogen and oxygen atoms in total. The minimum absolute atomic E-state index is 0.315. The van der Waals surface area contributed by atoms with Gasteiger partial charge in [0.25, 0.3) is 0 Å². The normalized spacial score (nSPS) is 11.8. The van der Waals surface area contributed by atoms with Gasteiger partial charge in [0.15, 0.2) is 0 Å². The van der Waals surface area contributed by atoms with Crippen LogP contribution in [-0.4, -0.2) is 47.3 Å². The van der Waals surface area contributed by atoms with Crippen molar-refractivity contribution in [2.24, 2.45) is 0 Å². The summed E-state index contributed by atoms with van der Waals surface area (Å²) in [4.78, 5) is 18.3. The Hall–Kier alpha value is -1.98. The van der Waals surface area contributed by atoms with Crippen LogP contribution in [0.3, 0.4) is 0 Å². The zero-order valence-corrected chi connectivity index (χ0v) is 15.3. The third-order valence-electron chi connectivity index (χ3n) is 3.04. The Morgan fingerprint density at radius 3 is 2.43 bits per heavy atom. The van der Waals surface area contributed by atoms with E-state index >= 15 is 0 Å². The molecule has 1 N–H and O–H groups in total. The highest BCUT2D eigenvalue weighted by molar-refractivity contribution is 5.69. The third kappa shape index (κ3) is 6.34. The van der Waals surface area contributed by atoms with Crippen LogP contribution < -0.4 is 10.1 Å². The molecule has 0 saturated heterocycles. The number of anilines is 1. The fourth-order valence-corrected chi connectivity index (χ4v) is 2.01. The number of nitrogens with zero attached hydrogens (tertiary/aromatic N) is 2. The van der Waals surface area contributed by atoms with E-state index < -0.39 is 5.60 Å². The van der Waals surface area contributed by atoms with E-state index in [4.69, 9.17) is 9.47 Å². The molecule has 0 aliphatic carbocycles. The SMILES string of the molecule is COc1ncccc1NCCN(C(=O)OC(C)(C)C)C(C)(C)C. The maximum Gasteiger partial charge on any atom is 0.410 e. The Labute approximate surface area is 139 Å². The van der Waals surface area contributed by atoms with E-state index in [2.05, 4.69) is 10.3 Å². The summed E-state index contributed by atoms with van der Waals surface area (Å²) in [5, 5.41) is 3.25. The van der Waals surface area contributed by atoms with Gasteiger partial charge in [0.1, 0.15) is 5.60 Å². The average molecular weight is 323 g/mol. The number of methoxy groups -OCH3 is 1. The van der Waals surface area contributed by atoms with Gasteiger partial charge < -0.3 is 19.7 Å². The zero-order valence-electron chi connectivity index (χ0n) is 15.3. The van der Waals surface area contributed by atoms with Gasteiger partial charge in [-0.2, -0.15) is 0 Å². The van der Waals surface area contributed by atoms with Crippen LogP contribution in [0, 0.1) is 0 Å². The molecule has 1 heterocycles. The molecule has 0 saturated carbocycles. The number of aromatic nitrogens is 1. The minimum atomic E-state index is -0.513. The molecule has 1 aromatic heterocycles. The number of hydrogen-bond donors (Lipinski definition) is 1. The van der Waals surface area contributed by atoms with Crippen molar-refractivity contribution in [1.29, 1.82) is 0 Å². The van der Waals surface area contributed by atoms with E-state index in [1.807, 2.05) is 53.7 Å². The summed E-state index contributed by atoms with van der Waals surface area (Å²) in [6.07, 6.45) is 1.36. The fraction of sp³-hybridized carbons (Fsp3) is 0.647. The second-order valence-electron chi connectivity index (χ2n) is 7.29. The molecule has 0 atom stereocenters. The third-order valence-corrected chi connectivity index (χ3v) is 3.04. The summed E-state index contributed by atoms with van der Waals surface area (Å²) in [5.41, 5.74) is -0.0445. The second-order valence-corrected chi connectivity index (χ2v) is 7.29. The smallest absolute Gasteiger partial charge is 0.410 e. The predicted molar refractivity (Wildman–Crippen MR) is 92.0 cm³/mol. The number of carbonyl (C=O) groups excluding carboxylic acids is 1. The number of carbonyl (C=O) groups is 1. The molecule has 6 heteroatoms. The van der Waals surface area contributed by atoms with Crippen LogP contribution >= 0.6 is 0 Å². The van der Waals surface area contributed by atoms with Crippen LogP contribution in [0.2, 0.25) is 0 Å². The van der Waals surface area contributed by atoms with Crippen molar-refractivity contribution in [3.05, 3.63) is 18.3 Å². The molecule has 1 rings (SSSR count). The number of amides is 1. The first-order chi connectivity index (χ1) is 10.5. The summed E-state index contributed by atoms with van der Waals surface area (Å²) in [6.45, 7) is 12.6. The van der Waals surface area contributed by atoms with Gasteiger partial charge in [-0.3, -0.25) is 0 Å². The lowest BCUT2D eigenvalue weighted by Crippen LogP contribution is -2.49. The summed E-state index contributed by atoms with van der Waals surface area (Å²) in [6, 6.07) is 3.72. The lowest BCUT2D eigenvalue weighted by Gasteiger charge is -2.37. The molecule has 130 valence electrons. The topological polar surface area (TPSA) is 63.7 Å². The molecular weight excluding hydrogens is 294 g/mol. The lowest BCUT2D eigenvalue weighted by atomic mass is 10.1. The molecule has 0 aliphatic heterocycles. The lowest BCUT2D eigenvalue weighted by molar-refractivity contribution is 0.00749. The maximum absolute atomic E-state index is 12.4. The van der Waals surface area contributed by atoms with Gasteiger partial charge >= 0.3 is 6.09 Å². The first-order valence-electron chi connectivity index (χ1n) is 7.78. The molecule has 0 spiro atoms. The Morgan fingerprint density at radius 2 is 1.91 bits per heavy atom. The van der Waals surface area contributed by atoms with Gasteiger partial charge in [0.2, 0.25) is 5.88 Å². The molecule has 0 fully saturated rings. The van der Waals surface area contributed by atoms with Gasteiger partial charge in [-0.1, -0.05) is 0 Å². The van der Waals surface area contributed by atoms with Crippen molar-refractivity contribution >= 4 is 11.8 Å². The first-order valence-corrected chi connectivity index (χ1v) is 7.78. The Morgan fingerprint density at radius 1 is 1.26 bits per heavy atom. The van der Waals surface area contributed by atoms with Gasteiger partial charge in [-0.15, -0.1) is 0 Å². The molecule has 0 bridgehead atoms. The van der Waals surface area contributed by atoms with Crippen LogP contribution in [0.1, 0.15) is 41.5 Å². The quantitative estimate of drug-likeness (QED) is 0.898. The van der Waals surface area contributed by atoms with Gasteiger partial charge in [0, 0.05) is 24.8 Å². The Kier molecular flexibility index (Phi) is 6.24. The molecule has 0 aliphatic rings. The number of rotatable bonds is 5. The minimum Gasteiger partial charge on any atom is -0.480 e. The second kappa shape index (κ2) is 7.53. The highest BCUT2D eigenvalue weighted by Crippen LogP contribution is 2.21. The Bertz CT molecular complexity index is 519. The molecule has 0 radical (unpaired) electrons. The van der Waals surface area contributed by atoms with Crippen LogP contribution in [0.15, 0.2) is 18.3 Å². The number of hydrogen-bond acceptors (Lipinski definition) is 5. The molecule has 23 heavy (non-hydrogen) atoms. The largest absolute Gasteiger partial charge is 0.480 e. The van der Waals surface area contributed by atoms with Crippen molar-refractivity contribution in [3.8, 4) is 5.88 Å². The van der Waals surface area contributed by atoms with Crippen molar-refractivity contribution in [3.63, 3.8) is 0 Å². The van der Waals surface area contributed by atoms with Gasteiger partial charge in [0.05, 0.1) is 12.8 Å². The summed E-state index contributed by atoms with van der Waals surface area (Å²) >= 11 is 0. The van der Waals surface area contributed by atoms with Gasteiger partial charge in [-0.05, 0) is 53.7 Å². The maximum atomic E-state index is 12.4. The average Bonchev–Trinajstić information content (AvgIpc) is 2.40. The van der Waals surface area contributed by atoms with E-state index in [9.17, 15) is 4.79 Å². The molecular formula is C17H29N3O3. The van der Waals surface area contributed by atoms with Crippen molar-refractivity contribution < 1.29 is 14.3 Å². The number of nitrogens with one attached hydrogen (secondary N) is 1. The first kappa shape index (κ1) is 19.1. The van der Waals surface area contributed by atoms with E-state index in [0.29, 0.717) is 19.0 Å². The number of ether oxygens (including phenoxy) is 2. The van der Waals surface area contributed by atoms with Crippen LogP contribution in [0.4, 0.5) is 10.5 Å². The standard InChI is InChI=1S/C17H29N3O3/c1-16(2,3)20(15(21)23-17(4,5)6)12-11-18-13-9-8-10-19-14(13)22-7/h8-10,18H,11-12H2,1-7H3. The van der Waals surface area contributed by atoms with Crippen molar-refractivity contribution in [1.82, 2.24) is 9.88 Å². The summed E-state index contributed by atoms with van der Waals surface area (Å²) in [5.74, 6) is 0.534. The Balaban J connectivity index is 2.70. The van der Waals surface area contributed by atoms with E-state index in [1.165, 1.54) is 0 Å². The van der Waals surface area contributed by atoms with E-state index in [-0.39, 0.29) is 11.6 Å². The number of pyridine rings is 1. The molecule has 0 unspecified atom stereocenters. The van der Waals surface area contributed by atoms with Crippen LogP contribution in [0.25, 0.3) is 0 Å². The van der Waals surface area contributed by atoms with Crippen molar-refractivity contribution in [2.45, 2.75) is 52.7 Å². The fourth-order valence-electron chi connectivity index (χ4n) is 2.01. The van der Waals surface area contributed by atoms with Crippen LogP contribution in [0.5, 0.6) is 5.88 Å². The predicted octanol–water partition coefficient (Wildman–Crippen LogP) is 3.54. The van der Waals surface area contributed by atoms with Crippen molar-refractivity contribution in [2.75, 3.05) is 25.5 Å². The van der Waals surface area contributed by atoms with Crippen LogP contribution in [-0.2, 0) is 4.74 Å². The summed E-state index contributed by atoms with van der Waals surface area (Å²) in [7, 11) is 1.58. The van der Waals surface area contributed by atoms with E-state index in [0.717, 1.165) is 5.69 Å². The molecule has 1 amide bonds. The highest BCUT2D eigenvalue weighted by atomic mass is 16.6. The monoisotopic (exact) mass is 323 g/mol. The highest BCUT2D eigenvalue weighted by Gasteiger charge is 2.30. The summed E-state index contributed by atoms with van der Waals surface area (Å²) < 4.78 is 10.7. The zero-order chi connectivity index (χ0) is 17.7. The van der Waals surface area contributed by atoms with Gasteiger partial charge in [-0.25, -0.2) is 9.78 Å².